The first-order valence-electron chi connectivity index (χ1n) is 11.9. The summed E-state index contributed by atoms with van der Waals surface area (Å²) < 4.78 is 0. The predicted molar refractivity (Wildman–Crippen MR) is 114 cm³/mol. The minimum atomic E-state index is -0.840. The third kappa shape index (κ3) is 2.53. The number of hydrogen-bond donors (Lipinski definition) is 3. The topological polar surface area (TPSA) is 60.7 Å². The van der Waals surface area contributed by atoms with Gasteiger partial charge in [-0.3, -0.25) is 0 Å². The molecule has 1 aromatic carbocycles. The number of hydrogen-bond acceptors (Lipinski definition) is 3. The minimum Gasteiger partial charge on any atom is -0.390 e. The van der Waals surface area contributed by atoms with E-state index in [0.717, 1.165) is 44.1 Å². The van der Waals surface area contributed by atoms with Crippen LogP contribution in [0.2, 0.25) is 0 Å². The van der Waals surface area contributed by atoms with Crippen molar-refractivity contribution in [3.63, 3.8) is 0 Å². The lowest BCUT2D eigenvalue weighted by Crippen LogP contribution is -2.64. The van der Waals surface area contributed by atoms with Gasteiger partial charge in [0.2, 0.25) is 0 Å². The highest BCUT2D eigenvalue weighted by molar-refractivity contribution is 5.29. The molecule has 4 fully saturated rings. The van der Waals surface area contributed by atoms with Gasteiger partial charge in [-0.15, -0.1) is 0 Å². The zero-order valence-corrected chi connectivity index (χ0v) is 18.2. The van der Waals surface area contributed by atoms with E-state index in [4.69, 9.17) is 0 Å². The van der Waals surface area contributed by atoms with Crippen LogP contribution in [0.5, 0.6) is 0 Å². The Morgan fingerprint density at radius 3 is 2.24 bits per heavy atom. The van der Waals surface area contributed by atoms with Crippen molar-refractivity contribution in [1.29, 1.82) is 0 Å². The number of fused-ring (bicyclic) bond motifs is 5. The molecule has 0 amide bonds. The van der Waals surface area contributed by atoms with Crippen molar-refractivity contribution in [3.8, 4) is 0 Å². The minimum absolute atomic E-state index is 0.0937. The Balaban J connectivity index is 1.53. The lowest BCUT2D eigenvalue weighted by molar-refractivity contribution is -0.229. The highest BCUT2D eigenvalue weighted by Crippen LogP contribution is 2.70. The summed E-state index contributed by atoms with van der Waals surface area (Å²) in [5, 5.41) is 34.6. The van der Waals surface area contributed by atoms with Gasteiger partial charge in [-0.25, -0.2) is 0 Å². The van der Waals surface area contributed by atoms with E-state index in [9.17, 15) is 15.3 Å². The smallest absolute Gasteiger partial charge is 0.0952 e. The second kappa shape index (κ2) is 6.55. The Morgan fingerprint density at radius 1 is 0.828 bits per heavy atom. The van der Waals surface area contributed by atoms with Crippen molar-refractivity contribution in [2.45, 2.75) is 83.5 Å². The van der Waals surface area contributed by atoms with Crippen LogP contribution in [0.1, 0.15) is 71.3 Å². The van der Waals surface area contributed by atoms with Gasteiger partial charge in [0.25, 0.3) is 0 Å². The highest BCUT2D eigenvalue weighted by Gasteiger charge is 2.68. The van der Waals surface area contributed by atoms with Crippen LogP contribution in [0.4, 0.5) is 0 Å². The van der Waals surface area contributed by atoms with Crippen LogP contribution < -0.4 is 0 Å². The highest BCUT2D eigenvalue weighted by atomic mass is 16.3. The molecule has 3 heteroatoms. The van der Waals surface area contributed by atoms with Crippen LogP contribution in [0.25, 0.3) is 0 Å². The van der Waals surface area contributed by atoms with E-state index in [1.165, 1.54) is 6.42 Å². The van der Waals surface area contributed by atoms with Crippen molar-refractivity contribution in [1.82, 2.24) is 0 Å². The first kappa shape index (κ1) is 20.0. The summed E-state index contributed by atoms with van der Waals surface area (Å²) >= 11 is 0. The van der Waals surface area contributed by atoms with Gasteiger partial charge in [-0.05, 0) is 79.1 Å². The van der Waals surface area contributed by atoms with E-state index in [2.05, 4.69) is 32.9 Å². The standard InChI is InChI=1S/C26H38O3/c1-16-9-12-24(2)18-10-13-25(3)19(21(18)23(28)22(27)20(24)15-16)11-14-26(25,29)17-7-5-4-6-8-17/h4-8,16,18-23,27-29H,9-15H2,1-3H3/t16-,18-,19-,20+,21?,22+,23?,24+,25-,26+/m0/s1. The number of aliphatic hydroxyl groups is 3. The molecule has 2 unspecified atom stereocenters. The second-order valence-electron chi connectivity index (χ2n) is 11.5. The summed E-state index contributed by atoms with van der Waals surface area (Å²) in [5.74, 6) is 1.65. The van der Waals surface area contributed by atoms with E-state index in [0.29, 0.717) is 11.8 Å². The average molecular weight is 399 g/mol. The molecule has 3 N–H and O–H groups in total. The Hall–Kier alpha value is -0.900. The summed E-state index contributed by atoms with van der Waals surface area (Å²) in [7, 11) is 0. The molecule has 10 atom stereocenters. The fourth-order valence-corrected chi connectivity index (χ4v) is 8.67. The SMILES string of the molecule is C[C@H]1CC[C@@]2(C)[C@H](C1)[C@@H](O)C(O)C1[C@@H]2CC[C@@]2(C)[C@H]1CC[C@@]2(O)c1ccccc1. The summed E-state index contributed by atoms with van der Waals surface area (Å²) in [5.41, 5.74) is 0.0456. The molecule has 0 saturated heterocycles. The molecule has 5 rings (SSSR count). The third-order valence-corrected chi connectivity index (χ3v) is 10.4. The first-order valence-corrected chi connectivity index (χ1v) is 11.9. The Labute approximate surface area is 175 Å². The van der Waals surface area contributed by atoms with Gasteiger partial charge in [0.05, 0.1) is 17.8 Å². The molecule has 4 aliphatic carbocycles. The number of benzene rings is 1. The zero-order chi connectivity index (χ0) is 20.6. The van der Waals surface area contributed by atoms with Gasteiger partial charge in [0.15, 0.2) is 0 Å². The van der Waals surface area contributed by atoms with Gasteiger partial charge in [0.1, 0.15) is 0 Å². The van der Waals surface area contributed by atoms with Crippen LogP contribution in [-0.2, 0) is 5.60 Å². The molecule has 4 saturated carbocycles. The fourth-order valence-electron chi connectivity index (χ4n) is 8.67. The fraction of sp³-hybridized carbons (Fsp3) is 0.769. The molecule has 3 nitrogen and oxygen atoms in total. The normalized spacial score (nSPS) is 54.3. The summed E-state index contributed by atoms with van der Waals surface area (Å²) in [4.78, 5) is 0. The monoisotopic (exact) mass is 398 g/mol. The van der Waals surface area contributed by atoms with Crippen LogP contribution in [0.3, 0.4) is 0 Å². The third-order valence-electron chi connectivity index (χ3n) is 10.4. The van der Waals surface area contributed by atoms with Crippen LogP contribution in [-0.4, -0.2) is 27.5 Å². The maximum atomic E-state index is 11.9. The van der Waals surface area contributed by atoms with Gasteiger partial charge >= 0.3 is 0 Å². The molecule has 4 aliphatic rings. The first-order chi connectivity index (χ1) is 13.7. The van der Waals surface area contributed by atoms with E-state index in [1.54, 1.807) is 0 Å². The van der Waals surface area contributed by atoms with Crippen molar-refractivity contribution in [3.05, 3.63) is 35.9 Å². The maximum Gasteiger partial charge on any atom is 0.0952 e. The van der Waals surface area contributed by atoms with E-state index < -0.39 is 17.8 Å². The maximum absolute atomic E-state index is 11.9. The summed E-state index contributed by atoms with van der Waals surface area (Å²) in [6, 6.07) is 10.2. The Morgan fingerprint density at radius 2 is 1.52 bits per heavy atom. The molecular weight excluding hydrogens is 360 g/mol. The number of rotatable bonds is 1. The lowest BCUT2D eigenvalue weighted by atomic mass is 9.42. The zero-order valence-electron chi connectivity index (χ0n) is 18.2. The largest absolute Gasteiger partial charge is 0.390 e. The molecular formula is C26H38O3. The molecule has 160 valence electrons. The molecule has 0 spiro atoms. The van der Waals surface area contributed by atoms with Gasteiger partial charge in [-0.1, -0.05) is 57.5 Å². The summed E-state index contributed by atoms with van der Waals surface area (Å²) in [6.07, 6.45) is 5.88. The van der Waals surface area contributed by atoms with E-state index >= 15 is 0 Å². The Bertz CT molecular complexity index is 764. The van der Waals surface area contributed by atoms with Crippen molar-refractivity contribution in [2.24, 2.45) is 40.4 Å². The van der Waals surface area contributed by atoms with Crippen LogP contribution in [0, 0.1) is 40.4 Å². The molecule has 0 bridgehead atoms. The van der Waals surface area contributed by atoms with Crippen molar-refractivity contribution >= 4 is 0 Å². The molecule has 0 heterocycles. The quantitative estimate of drug-likeness (QED) is 0.653. The van der Waals surface area contributed by atoms with Gasteiger partial charge in [-0.2, -0.15) is 0 Å². The predicted octanol–water partition coefficient (Wildman–Crippen LogP) is 4.49. The molecule has 0 aromatic heterocycles. The van der Waals surface area contributed by atoms with E-state index in [-0.39, 0.29) is 28.6 Å². The average Bonchev–Trinajstić information content (AvgIpc) is 3.00. The van der Waals surface area contributed by atoms with Crippen molar-refractivity contribution < 1.29 is 15.3 Å². The lowest BCUT2D eigenvalue weighted by Gasteiger charge is -2.64. The molecule has 0 radical (unpaired) electrons. The van der Waals surface area contributed by atoms with E-state index in [1.807, 2.05) is 18.2 Å². The van der Waals surface area contributed by atoms with Gasteiger partial charge < -0.3 is 15.3 Å². The molecule has 29 heavy (non-hydrogen) atoms. The number of aliphatic hydroxyl groups excluding tert-OH is 2. The second-order valence-corrected chi connectivity index (χ2v) is 11.5. The Kier molecular flexibility index (Phi) is 4.52. The molecule has 1 aromatic rings. The summed E-state index contributed by atoms with van der Waals surface area (Å²) in [6.45, 7) is 6.95. The van der Waals surface area contributed by atoms with Gasteiger partial charge in [0, 0.05) is 5.41 Å². The molecule has 0 aliphatic heterocycles. The van der Waals surface area contributed by atoms with Crippen LogP contribution in [0.15, 0.2) is 30.3 Å². The van der Waals surface area contributed by atoms with Crippen LogP contribution >= 0.6 is 0 Å². The van der Waals surface area contributed by atoms with Crippen molar-refractivity contribution in [2.75, 3.05) is 0 Å².